The van der Waals surface area contributed by atoms with E-state index in [-0.39, 0.29) is 0 Å². The number of hydrogen-bond donors (Lipinski definition) is 2. The van der Waals surface area contributed by atoms with Gasteiger partial charge in [-0.2, -0.15) is 26.3 Å². The Bertz CT molecular complexity index is 877. The van der Waals surface area contributed by atoms with Crippen molar-refractivity contribution < 1.29 is 36.2 Å². The average molecular weight is 433 g/mol. The molecule has 0 unspecified atom stereocenters. The van der Waals surface area contributed by atoms with Gasteiger partial charge in [-0.25, -0.2) is 4.79 Å². The Hall–Kier alpha value is -2.55. The van der Waals surface area contributed by atoms with Crippen molar-refractivity contribution in [3.05, 3.63) is 70.3 Å². The van der Waals surface area contributed by atoms with Gasteiger partial charge >= 0.3 is 18.3 Å². The Morgan fingerprint density at radius 3 is 2.30 bits per heavy atom. The van der Waals surface area contributed by atoms with Crippen LogP contribution in [0.3, 0.4) is 0 Å². The second kappa shape index (κ2) is 9.51. The molecule has 0 saturated heterocycles. The number of fused-ring (bicyclic) bond motifs is 1. The summed E-state index contributed by atoms with van der Waals surface area (Å²) in [5, 5.41) is 10.5. The highest BCUT2D eigenvalue weighted by molar-refractivity contribution is 5.73. The topological polar surface area (TPSA) is 49.3 Å². The summed E-state index contributed by atoms with van der Waals surface area (Å²) in [5.74, 6) is -2.33. The van der Waals surface area contributed by atoms with Crippen molar-refractivity contribution in [1.82, 2.24) is 5.32 Å². The van der Waals surface area contributed by atoms with Crippen LogP contribution in [-0.2, 0) is 23.8 Å². The van der Waals surface area contributed by atoms with Gasteiger partial charge in [-0.05, 0) is 53.6 Å². The van der Waals surface area contributed by atoms with Crippen LogP contribution in [0.4, 0.5) is 26.3 Å². The van der Waals surface area contributed by atoms with Crippen LogP contribution in [0.5, 0.6) is 0 Å². The van der Waals surface area contributed by atoms with Gasteiger partial charge in [-0.15, -0.1) is 0 Å². The highest BCUT2D eigenvalue weighted by atomic mass is 19.4. The maximum Gasteiger partial charge on any atom is 0.490 e. The first kappa shape index (κ1) is 23.7. The molecule has 0 saturated carbocycles. The van der Waals surface area contributed by atoms with Crippen LogP contribution in [0.1, 0.15) is 40.7 Å². The van der Waals surface area contributed by atoms with Crippen molar-refractivity contribution in [2.75, 3.05) is 13.1 Å². The highest BCUT2D eigenvalue weighted by Crippen LogP contribution is 2.30. The third-order valence-electron chi connectivity index (χ3n) is 4.67. The van der Waals surface area contributed by atoms with Crippen molar-refractivity contribution in [3.63, 3.8) is 0 Å². The molecule has 1 heterocycles. The number of alkyl halides is 6. The summed E-state index contributed by atoms with van der Waals surface area (Å²) in [6.45, 7) is 4.11. The summed E-state index contributed by atoms with van der Waals surface area (Å²) in [7, 11) is 0. The van der Waals surface area contributed by atoms with Gasteiger partial charge in [0.25, 0.3) is 0 Å². The number of hydrogen-bond acceptors (Lipinski definition) is 2. The monoisotopic (exact) mass is 433 g/mol. The Labute approximate surface area is 169 Å². The highest BCUT2D eigenvalue weighted by Gasteiger charge is 2.38. The number of aliphatic carboxylic acids is 1. The predicted octanol–water partition coefficient (Wildman–Crippen LogP) is 5.18. The summed E-state index contributed by atoms with van der Waals surface area (Å²) in [5.41, 5.74) is 3.84. The molecule has 2 aromatic rings. The van der Waals surface area contributed by atoms with Gasteiger partial charge in [0.2, 0.25) is 0 Å². The molecular weight excluding hydrogens is 412 g/mol. The lowest BCUT2D eigenvalue weighted by molar-refractivity contribution is -0.192. The molecule has 3 nitrogen and oxygen atoms in total. The van der Waals surface area contributed by atoms with Crippen LogP contribution in [0.2, 0.25) is 0 Å². The maximum absolute atomic E-state index is 12.8. The number of rotatable bonds is 2. The summed E-state index contributed by atoms with van der Waals surface area (Å²) >= 11 is 0. The van der Waals surface area contributed by atoms with E-state index in [9.17, 15) is 26.3 Å². The van der Waals surface area contributed by atoms with E-state index >= 15 is 0 Å². The number of halogens is 6. The van der Waals surface area contributed by atoms with E-state index < -0.39 is 23.9 Å². The number of carboxylic acid groups (broad SMARTS) is 1. The Balaban J connectivity index is 0.000000396. The zero-order chi connectivity index (χ0) is 22.5. The predicted molar refractivity (Wildman–Crippen MR) is 99.4 cm³/mol. The largest absolute Gasteiger partial charge is 0.490 e. The molecule has 2 aromatic carbocycles. The molecule has 3 rings (SSSR count). The van der Waals surface area contributed by atoms with Gasteiger partial charge < -0.3 is 10.4 Å². The Morgan fingerprint density at radius 1 is 1.07 bits per heavy atom. The SMILES string of the molecule is C[C@@H]1CNCCc2ccc(Cc3cccc(C(F)(F)F)c3)cc21.O=C(O)C(F)(F)F. The van der Waals surface area contributed by atoms with E-state index in [1.807, 2.05) is 6.07 Å². The lowest BCUT2D eigenvalue weighted by Gasteiger charge is -2.14. The summed E-state index contributed by atoms with van der Waals surface area (Å²) in [6, 6.07) is 11.9. The molecule has 1 aliphatic heterocycles. The van der Waals surface area contributed by atoms with Gasteiger partial charge in [0.1, 0.15) is 0 Å². The third kappa shape index (κ3) is 6.76. The summed E-state index contributed by atoms with van der Waals surface area (Å²) in [4.78, 5) is 8.90. The van der Waals surface area contributed by atoms with Crippen molar-refractivity contribution in [2.45, 2.75) is 38.0 Å². The number of benzene rings is 2. The fourth-order valence-electron chi connectivity index (χ4n) is 3.19. The molecule has 0 spiro atoms. The van der Waals surface area contributed by atoms with Gasteiger partial charge in [-0.3, -0.25) is 0 Å². The van der Waals surface area contributed by atoms with Gasteiger partial charge in [0.05, 0.1) is 5.56 Å². The molecule has 0 aromatic heterocycles. The minimum atomic E-state index is -5.08. The van der Waals surface area contributed by atoms with Crippen molar-refractivity contribution in [3.8, 4) is 0 Å². The minimum absolute atomic E-state index is 0.425. The first-order valence-corrected chi connectivity index (χ1v) is 9.16. The molecule has 1 aliphatic rings. The zero-order valence-corrected chi connectivity index (χ0v) is 16.1. The number of nitrogens with one attached hydrogen (secondary N) is 1. The molecule has 0 fully saturated rings. The van der Waals surface area contributed by atoms with E-state index in [1.54, 1.807) is 6.07 Å². The first-order chi connectivity index (χ1) is 13.9. The molecular formula is C21H21F6NO2. The molecule has 0 aliphatic carbocycles. The first-order valence-electron chi connectivity index (χ1n) is 9.16. The summed E-state index contributed by atoms with van der Waals surface area (Å²) in [6.07, 6.45) is -7.84. The summed E-state index contributed by atoms with van der Waals surface area (Å²) < 4.78 is 70.2. The van der Waals surface area contributed by atoms with Crippen molar-refractivity contribution in [1.29, 1.82) is 0 Å². The second-order valence-electron chi connectivity index (χ2n) is 7.07. The molecule has 0 radical (unpaired) electrons. The fourth-order valence-corrected chi connectivity index (χ4v) is 3.19. The standard InChI is InChI=1S/C19H20F3N.C2HF3O2/c1-13-12-23-8-7-16-6-5-15(11-18(13)16)9-14-3-2-4-17(10-14)19(20,21)22;3-2(4,5)1(6)7/h2-6,10-11,13,23H,7-9,12H2,1H3;(H,6,7)/t13-;/m1./s1. The second-order valence-corrected chi connectivity index (χ2v) is 7.07. The number of carbonyl (C=O) groups is 1. The van der Waals surface area contributed by atoms with E-state index in [1.165, 1.54) is 23.3 Å². The molecule has 0 bridgehead atoms. The van der Waals surface area contributed by atoms with Gasteiger partial charge in [0.15, 0.2) is 0 Å². The molecule has 164 valence electrons. The lowest BCUT2D eigenvalue weighted by atomic mass is 9.91. The number of carboxylic acids is 1. The Kier molecular flexibility index (Phi) is 7.52. The zero-order valence-electron chi connectivity index (χ0n) is 16.1. The van der Waals surface area contributed by atoms with E-state index in [2.05, 4.69) is 24.4 Å². The average Bonchev–Trinajstić information content (AvgIpc) is 2.83. The normalized spacial score (nSPS) is 16.7. The van der Waals surface area contributed by atoms with Crippen LogP contribution in [-0.4, -0.2) is 30.3 Å². The Morgan fingerprint density at radius 2 is 1.70 bits per heavy atom. The van der Waals surface area contributed by atoms with Crippen LogP contribution in [0, 0.1) is 0 Å². The molecule has 2 N–H and O–H groups in total. The van der Waals surface area contributed by atoms with Crippen molar-refractivity contribution in [2.24, 2.45) is 0 Å². The van der Waals surface area contributed by atoms with Crippen molar-refractivity contribution >= 4 is 5.97 Å². The quantitative estimate of drug-likeness (QED) is 0.642. The van der Waals surface area contributed by atoms with Gasteiger partial charge in [0, 0.05) is 6.54 Å². The van der Waals surface area contributed by atoms with E-state index in [0.29, 0.717) is 17.9 Å². The van der Waals surface area contributed by atoms with Crippen LogP contribution in [0.15, 0.2) is 42.5 Å². The maximum atomic E-state index is 12.8. The lowest BCUT2D eigenvalue weighted by Crippen LogP contribution is -2.21. The molecule has 30 heavy (non-hydrogen) atoms. The van der Waals surface area contributed by atoms with Crippen LogP contribution in [0.25, 0.3) is 0 Å². The minimum Gasteiger partial charge on any atom is -0.475 e. The fraction of sp³-hybridized carbons (Fsp3) is 0.381. The van der Waals surface area contributed by atoms with Crippen LogP contribution >= 0.6 is 0 Å². The molecule has 1 atom stereocenters. The smallest absolute Gasteiger partial charge is 0.475 e. The van der Waals surface area contributed by atoms with E-state index in [4.69, 9.17) is 9.90 Å². The third-order valence-corrected chi connectivity index (χ3v) is 4.67. The van der Waals surface area contributed by atoms with Crippen LogP contribution < -0.4 is 5.32 Å². The van der Waals surface area contributed by atoms with E-state index in [0.717, 1.165) is 31.1 Å². The molecule has 9 heteroatoms. The van der Waals surface area contributed by atoms with Gasteiger partial charge in [-0.1, -0.05) is 43.3 Å². The molecule has 0 amide bonds.